The van der Waals surface area contributed by atoms with Crippen molar-refractivity contribution in [2.24, 2.45) is 11.3 Å². The maximum atomic E-state index is 10.8. The van der Waals surface area contributed by atoms with E-state index in [-0.39, 0.29) is 0 Å². The standard InChI is InChI=1S/C17H23NO2/c19-16(20)14-7-5-13(6-8-14)11-18-12-17(9-2-10-17)15-3-1-4-15/h5-8,15,18H,1-4,9-12H2,(H,19,20). The molecule has 0 unspecified atom stereocenters. The molecule has 0 radical (unpaired) electrons. The highest BCUT2D eigenvalue weighted by atomic mass is 16.4. The first-order valence-corrected chi connectivity index (χ1v) is 7.73. The van der Waals surface area contributed by atoms with E-state index in [0.29, 0.717) is 11.0 Å². The molecule has 3 nitrogen and oxygen atoms in total. The molecule has 2 aliphatic rings. The van der Waals surface area contributed by atoms with Gasteiger partial charge in [-0.25, -0.2) is 4.79 Å². The van der Waals surface area contributed by atoms with Crippen molar-refractivity contribution in [3.63, 3.8) is 0 Å². The van der Waals surface area contributed by atoms with Crippen LogP contribution in [0.5, 0.6) is 0 Å². The van der Waals surface area contributed by atoms with Crippen LogP contribution in [0, 0.1) is 11.3 Å². The summed E-state index contributed by atoms with van der Waals surface area (Å²) >= 11 is 0. The molecule has 0 atom stereocenters. The van der Waals surface area contributed by atoms with Crippen LogP contribution in [0.4, 0.5) is 0 Å². The maximum Gasteiger partial charge on any atom is 0.335 e. The zero-order valence-corrected chi connectivity index (χ0v) is 11.9. The number of carboxylic acid groups (broad SMARTS) is 1. The van der Waals surface area contributed by atoms with Gasteiger partial charge < -0.3 is 10.4 Å². The second-order valence-corrected chi connectivity index (χ2v) is 6.45. The van der Waals surface area contributed by atoms with E-state index in [4.69, 9.17) is 5.11 Å². The predicted octanol–water partition coefficient (Wildman–Crippen LogP) is 3.44. The second-order valence-electron chi connectivity index (χ2n) is 6.45. The normalized spacial score (nSPS) is 21.0. The Morgan fingerprint density at radius 3 is 2.35 bits per heavy atom. The van der Waals surface area contributed by atoms with E-state index in [9.17, 15) is 4.79 Å². The first-order valence-electron chi connectivity index (χ1n) is 7.73. The van der Waals surface area contributed by atoms with Crippen molar-refractivity contribution in [2.45, 2.75) is 45.1 Å². The van der Waals surface area contributed by atoms with Crippen LogP contribution in [0.3, 0.4) is 0 Å². The van der Waals surface area contributed by atoms with Gasteiger partial charge in [0, 0.05) is 13.1 Å². The van der Waals surface area contributed by atoms with Gasteiger partial charge in [0.25, 0.3) is 0 Å². The molecule has 2 saturated carbocycles. The maximum absolute atomic E-state index is 10.8. The van der Waals surface area contributed by atoms with Gasteiger partial charge in [-0.3, -0.25) is 0 Å². The fourth-order valence-electron chi connectivity index (χ4n) is 3.60. The fourth-order valence-corrected chi connectivity index (χ4v) is 3.60. The monoisotopic (exact) mass is 273 g/mol. The molecular formula is C17H23NO2. The number of benzene rings is 1. The van der Waals surface area contributed by atoms with Gasteiger partial charge in [-0.05, 0) is 54.7 Å². The summed E-state index contributed by atoms with van der Waals surface area (Å²) in [6.45, 7) is 1.96. The molecule has 1 aromatic carbocycles. The van der Waals surface area contributed by atoms with Gasteiger partial charge in [-0.2, -0.15) is 0 Å². The highest BCUT2D eigenvalue weighted by Gasteiger charge is 2.45. The van der Waals surface area contributed by atoms with Crippen molar-refractivity contribution in [2.75, 3.05) is 6.54 Å². The van der Waals surface area contributed by atoms with Crippen LogP contribution in [0.1, 0.15) is 54.4 Å². The molecule has 2 fully saturated rings. The molecule has 0 bridgehead atoms. The molecular weight excluding hydrogens is 250 g/mol. The largest absolute Gasteiger partial charge is 0.478 e. The highest BCUT2D eigenvalue weighted by Crippen LogP contribution is 2.53. The molecule has 108 valence electrons. The van der Waals surface area contributed by atoms with Gasteiger partial charge in [0.15, 0.2) is 0 Å². The third-order valence-corrected chi connectivity index (χ3v) is 5.33. The van der Waals surface area contributed by atoms with Crippen LogP contribution in [-0.2, 0) is 6.54 Å². The lowest BCUT2D eigenvalue weighted by Crippen LogP contribution is -2.47. The number of carbonyl (C=O) groups is 1. The van der Waals surface area contributed by atoms with E-state index < -0.39 is 5.97 Å². The minimum Gasteiger partial charge on any atom is -0.478 e. The first-order chi connectivity index (χ1) is 9.70. The van der Waals surface area contributed by atoms with E-state index in [2.05, 4.69) is 5.32 Å². The van der Waals surface area contributed by atoms with E-state index in [0.717, 1.165) is 24.6 Å². The zero-order valence-electron chi connectivity index (χ0n) is 11.9. The van der Waals surface area contributed by atoms with Crippen LogP contribution in [-0.4, -0.2) is 17.6 Å². The van der Waals surface area contributed by atoms with E-state index in [1.807, 2.05) is 12.1 Å². The highest BCUT2D eigenvalue weighted by molar-refractivity contribution is 5.87. The molecule has 2 aliphatic carbocycles. The quantitative estimate of drug-likeness (QED) is 0.834. The van der Waals surface area contributed by atoms with Gasteiger partial charge in [-0.1, -0.05) is 25.0 Å². The van der Waals surface area contributed by atoms with Gasteiger partial charge in [0.05, 0.1) is 5.56 Å². The Morgan fingerprint density at radius 1 is 1.20 bits per heavy atom. The van der Waals surface area contributed by atoms with Gasteiger partial charge >= 0.3 is 5.97 Å². The fraction of sp³-hybridized carbons (Fsp3) is 0.588. The van der Waals surface area contributed by atoms with Crippen molar-refractivity contribution in [1.82, 2.24) is 5.32 Å². The topological polar surface area (TPSA) is 49.3 Å². The number of aromatic carboxylic acids is 1. The Bertz CT molecular complexity index is 472. The van der Waals surface area contributed by atoms with Crippen LogP contribution < -0.4 is 5.32 Å². The van der Waals surface area contributed by atoms with Crippen molar-refractivity contribution in [1.29, 1.82) is 0 Å². The molecule has 0 heterocycles. The third kappa shape index (κ3) is 2.59. The molecule has 20 heavy (non-hydrogen) atoms. The smallest absolute Gasteiger partial charge is 0.335 e. The summed E-state index contributed by atoms with van der Waals surface area (Å²) in [4.78, 5) is 10.8. The van der Waals surface area contributed by atoms with Gasteiger partial charge in [0.1, 0.15) is 0 Å². The average molecular weight is 273 g/mol. The zero-order chi connectivity index (χ0) is 14.0. The van der Waals surface area contributed by atoms with Crippen LogP contribution in [0.15, 0.2) is 24.3 Å². The average Bonchev–Trinajstić information content (AvgIpc) is 2.34. The lowest BCUT2D eigenvalue weighted by molar-refractivity contribution is 0.00266. The summed E-state index contributed by atoms with van der Waals surface area (Å²) in [7, 11) is 0. The molecule has 3 heteroatoms. The Kier molecular flexibility index (Phi) is 3.79. The molecule has 0 amide bonds. The summed E-state index contributed by atoms with van der Waals surface area (Å²) in [6.07, 6.45) is 8.45. The Hall–Kier alpha value is -1.35. The molecule has 1 aromatic rings. The van der Waals surface area contributed by atoms with Crippen molar-refractivity contribution >= 4 is 5.97 Å². The van der Waals surface area contributed by atoms with Crippen LogP contribution >= 0.6 is 0 Å². The molecule has 3 rings (SSSR count). The van der Waals surface area contributed by atoms with Crippen molar-refractivity contribution in [3.8, 4) is 0 Å². The molecule has 0 aliphatic heterocycles. The predicted molar refractivity (Wildman–Crippen MR) is 78.7 cm³/mol. The number of carboxylic acids is 1. The van der Waals surface area contributed by atoms with Crippen molar-refractivity contribution < 1.29 is 9.90 Å². The number of rotatable bonds is 6. The van der Waals surface area contributed by atoms with Crippen LogP contribution in [0.25, 0.3) is 0 Å². The summed E-state index contributed by atoms with van der Waals surface area (Å²) in [6, 6.07) is 7.19. The summed E-state index contributed by atoms with van der Waals surface area (Å²) in [5, 5.41) is 12.5. The van der Waals surface area contributed by atoms with E-state index >= 15 is 0 Å². The number of hydrogen-bond acceptors (Lipinski definition) is 2. The lowest BCUT2D eigenvalue weighted by atomic mass is 9.55. The Labute approximate surface area is 120 Å². The molecule has 0 aromatic heterocycles. The number of hydrogen-bond donors (Lipinski definition) is 2. The summed E-state index contributed by atoms with van der Waals surface area (Å²) in [5.41, 5.74) is 2.11. The Balaban J connectivity index is 1.50. The second kappa shape index (κ2) is 5.57. The van der Waals surface area contributed by atoms with E-state index in [1.165, 1.54) is 38.5 Å². The van der Waals surface area contributed by atoms with E-state index in [1.54, 1.807) is 12.1 Å². The molecule has 0 spiro atoms. The minimum atomic E-state index is -0.858. The van der Waals surface area contributed by atoms with Crippen LogP contribution in [0.2, 0.25) is 0 Å². The third-order valence-electron chi connectivity index (χ3n) is 5.33. The van der Waals surface area contributed by atoms with Gasteiger partial charge in [-0.15, -0.1) is 0 Å². The minimum absolute atomic E-state index is 0.360. The summed E-state index contributed by atoms with van der Waals surface area (Å²) < 4.78 is 0. The van der Waals surface area contributed by atoms with Gasteiger partial charge in [0.2, 0.25) is 0 Å². The number of nitrogens with one attached hydrogen (secondary N) is 1. The van der Waals surface area contributed by atoms with Crippen molar-refractivity contribution in [3.05, 3.63) is 35.4 Å². The lowest BCUT2D eigenvalue weighted by Gasteiger charge is -2.52. The first kappa shape index (κ1) is 13.6. The molecule has 2 N–H and O–H groups in total. The SMILES string of the molecule is O=C(O)c1ccc(CNCC2(C3CCC3)CCC2)cc1. The summed E-state index contributed by atoms with van der Waals surface area (Å²) in [5.74, 6) is 0.0982. The molecule has 0 saturated heterocycles. The Morgan fingerprint density at radius 2 is 1.90 bits per heavy atom.